The van der Waals surface area contributed by atoms with Gasteiger partial charge in [-0.25, -0.2) is 0 Å². The summed E-state index contributed by atoms with van der Waals surface area (Å²) in [5.74, 6) is 0.648. The molecule has 2 aromatic carbocycles. The number of carbonyl (C=O) groups is 1. The molecule has 1 amide bonds. The van der Waals surface area contributed by atoms with E-state index in [9.17, 15) is 4.79 Å². The maximum absolute atomic E-state index is 12.5. The van der Waals surface area contributed by atoms with Gasteiger partial charge in [-0.1, -0.05) is 17.4 Å². The highest BCUT2D eigenvalue weighted by molar-refractivity contribution is 14.1. The van der Waals surface area contributed by atoms with Gasteiger partial charge in [0.1, 0.15) is 5.01 Å². The zero-order valence-electron chi connectivity index (χ0n) is 14.0. The average Bonchev–Trinajstić information content (AvgIpc) is 3.19. The van der Waals surface area contributed by atoms with Crippen LogP contribution in [0, 0.1) is 17.4 Å². The molecule has 2 aromatic heterocycles. The van der Waals surface area contributed by atoms with Gasteiger partial charge in [-0.3, -0.25) is 4.79 Å². The Kier molecular flexibility index (Phi) is 4.45. The van der Waals surface area contributed by atoms with Crippen LogP contribution in [-0.4, -0.2) is 25.7 Å². The van der Waals surface area contributed by atoms with Crippen LogP contribution in [0.4, 0.5) is 5.69 Å². The third-order valence-electron chi connectivity index (χ3n) is 3.96. The number of halogens is 1. The van der Waals surface area contributed by atoms with Crippen LogP contribution < -0.4 is 5.32 Å². The van der Waals surface area contributed by atoms with Crippen molar-refractivity contribution >= 4 is 50.5 Å². The topological polar surface area (TPSA) is 72.2 Å². The number of hydrogen-bond acceptors (Lipinski definition) is 5. The van der Waals surface area contributed by atoms with Crippen LogP contribution in [0.1, 0.15) is 21.7 Å². The minimum atomic E-state index is -0.117. The number of anilines is 1. The zero-order chi connectivity index (χ0) is 18.3. The van der Waals surface area contributed by atoms with Crippen molar-refractivity contribution in [2.45, 2.75) is 13.8 Å². The Bertz CT molecular complexity index is 1130. The van der Waals surface area contributed by atoms with Gasteiger partial charge in [0.05, 0.1) is 0 Å². The fraction of sp³-hybridized carbons (Fsp3) is 0.111. The normalized spacial score (nSPS) is 11.0. The van der Waals surface area contributed by atoms with Crippen molar-refractivity contribution in [1.29, 1.82) is 0 Å². The largest absolute Gasteiger partial charge is 0.322 e. The van der Waals surface area contributed by atoms with E-state index in [1.54, 1.807) is 4.52 Å². The summed E-state index contributed by atoms with van der Waals surface area (Å²) in [7, 11) is 0. The van der Waals surface area contributed by atoms with E-state index in [0.717, 1.165) is 36.2 Å². The Balaban J connectivity index is 1.60. The molecular formula is C18H14IN5OS. The molecule has 0 radical (unpaired) electrons. The first kappa shape index (κ1) is 17.1. The molecule has 0 saturated heterocycles. The zero-order valence-corrected chi connectivity index (χ0v) is 17.0. The highest BCUT2D eigenvalue weighted by Gasteiger charge is 2.13. The van der Waals surface area contributed by atoms with Crippen molar-refractivity contribution in [3.63, 3.8) is 0 Å². The quantitative estimate of drug-likeness (QED) is 0.448. The van der Waals surface area contributed by atoms with Crippen LogP contribution in [0.3, 0.4) is 0 Å². The smallest absolute Gasteiger partial charge is 0.255 e. The van der Waals surface area contributed by atoms with Crippen LogP contribution in [0.5, 0.6) is 0 Å². The van der Waals surface area contributed by atoms with E-state index in [2.05, 4.69) is 43.2 Å². The van der Waals surface area contributed by atoms with Crippen LogP contribution >= 0.6 is 33.9 Å². The van der Waals surface area contributed by atoms with Crippen molar-refractivity contribution in [1.82, 2.24) is 19.8 Å². The van der Waals surface area contributed by atoms with E-state index in [1.165, 1.54) is 11.3 Å². The number of aryl methyl sites for hydroxylation is 2. The number of nitrogens with one attached hydrogen (secondary N) is 1. The monoisotopic (exact) mass is 475 g/mol. The third-order valence-corrected chi connectivity index (χ3v) is 5.57. The van der Waals surface area contributed by atoms with E-state index < -0.39 is 0 Å². The van der Waals surface area contributed by atoms with E-state index in [0.29, 0.717) is 5.56 Å². The fourth-order valence-electron chi connectivity index (χ4n) is 2.59. The molecule has 2 heterocycles. The lowest BCUT2D eigenvalue weighted by atomic mass is 10.1. The second kappa shape index (κ2) is 6.76. The van der Waals surface area contributed by atoms with Crippen molar-refractivity contribution in [3.05, 3.63) is 63.0 Å². The number of carbonyl (C=O) groups excluding carboxylic acids is 1. The highest BCUT2D eigenvalue weighted by Crippen LogP contribution is 2.28. The van der Waals surface area contributed by atoms with Crippen molar-refractivity contribution in [2.24, 2.45) is 0 Å². The average molecular weight is 475 g/mol. The van der Waals surface area contributed by atoms with Gasteiger partial charge >= 0.3 is 0 Å². The highest BCUT2D eigenvalue weighted by atomic mass is 127. The summed E-state index contributed by atoms with van der Waals surface area (Å²) in [4.78, 5) is 13.2. The predicted octanol–water partition coefficient (Wildman–Crippen LogP) is 4.33. The van der Waals surface area contributed by atoms with Crippen molar-refractivity contribution in [3.8, 4) is 10.6 Å². The summed E-state index contributed by atoms with van der Waals surface area (Å²) < 4.78 is 2.77. The number of aromatic nitrogens is 4. The van der Waals surface area contributed by atoms with Crippen LogP contribution in [0.15, 0.2) is 42.5 Å². The molecule has 8 heteroatoms. The molecule has 0 aliphatic rings. The van der Waals surface area contributed by atoms with Gasteiger partial charge in [0.15, 0.2) is 5.82 Å². The first-order chi connectivity index (χ1) is 12.5. The van der Waals surface area contributed by atoms with E-state index in [-0.39, 0.29) is 5.91 Å². The Morgan fingerprint density at radius 3 is 2.73 bits per heavy atom. The second-order valence-electron chi connectivity index (χ2n) is 5.84. The Morgan fingerprint density at radius 2 is 2.00 bits per heavy atom. The van der Waals surface area contributed by atoms with Gasteiger partial charge in [-0.2, -0.15) is 9.61 Å². The summed E-state index contributed by atoms with van der Waals surface area (Å²) in [6.45, 7) is 3.84. The second-order valence-corrected chi connectivity index (χ2v) is 8.04. The maximum Gasteiger partial charge on any atom is 0.255 e. The first-order valence-electron chi connectivity index (χ1n) is 7.88. The molecule has 0 atom stereocenters. The molecule has 0 bridgehead atoms. The lowest BCUT2D eigenvalue weighted by Crippen LogP contribution is -2.12. The SMILES string of the molecule is Cc1cc(-c2nn3c(C)nnc3s2)ccc1NC(=O)c1cccc(I)c1. The number of fused-ring (bicyclic) bond motifs is 1. The molecule has 0 fully saturated rings. The Labute approximate surface area is 167 Å². The summed E-state index contributed by atoms with van der Waals surface area (Å²) in [5, 5.41) is 16.5. The van der Waals surface area contributed by atoms with Crippen molar-refractivity contribution in [2.75, 3.05) is 5.32 Å². The lowest BCUT2D eigenvalue weighted by molar-refractivity contribution is 0.102. The molecule has 0 spiro atoms. The van der Waals surface area contributed by atoms with E-state index >= 15 is 0 Å². The Morgan fingerprint density at radius 1 is 1.15 bits per heavy atom. The molecule has 0 aliphatic carbocycles. The summed E-state index contributed by atoms with van der Waals surface area (Å²) >= 11 is 3.69. The summed E-state index contributed by atoms with van der Waals surface area (Å²) in [5.41, 5.74) is 3.40. The minimum Gasteiger partial charge on any atom is -0.322 e. The lowest BCUT2D eigenvalue weighted by Gasteiger charge is -2.10. The molecular weight excluding hydrogens is 461 g/mol. The maximum atomic E-state index is 12.5. The number of hydrogen-bond donors (Lipinski definition) is 1. The minimum absolute atomic E-state index is 0.117. The van der Waals surface area contributed by atoms with Crippen LogP contribution in [0.25, 0.3) is 15.5 Å². The Hall–Kier alpha value is -2.33. The summed E-state index contributed by atoms with van der Waals surface area (Å²) in [6.07, 6.45) is 0. The molecule has 130 valence electrons. The third kappa shape index (κ3) is 3.21. The van der Waals surface area contributed by atoms with Crippen LogP contribution in [-0.2, 0) is 0 Å². The molecule has 4 rings (SSSR count). The molecule has 26 heavy (non-hydrogen) atoms. The number of rotatable bonds is 3. The van der Waals surface area contributed by atoms with E-state index in [4.69, 9.17) is 0 Å². The van der Waals surface area contributed by atoms with E-state index in [1.807, 2.05) is 56.3 Å². The molecule has 0 unspecified atom stereocenters. The molecule has 0 aliphatic heterocycles. The number of nitrogens with zero attached hydrogens (tertiary/aromatic N) is 4. The predicted molar refractivity (Wildman–Crippen MR) is 111 cm³/mol. The number of benzene rings is 2. The van der Waals surface area contributed by atoms with Gasteiger partial charge < -0.3 is 5.32 Å². The molecule has 4 aromatic rings. The summed E-state index contributed by atoms with van der Waals surface area (Å²) in [6, 6.07) is 13.4. The van der Waals surface area contributed by atoms with Gasteiger partial charge in [-0.15, -0.1) is 10.2 Å². The van der Waals surface area contributed by atoms with Gasteiger partial charge in [0, 0.05) is 20.4 Å². The molecule has 0 saturated carbocycles. The standard InChI is InChI=1S/C18H14IN5OS/c1-10-8-13(17-23-24-11(2)21-22-18(24)26-17)6-7-15(10)20-16(25)12-4-3-5-14(19)9-12/h3-9H,1-2H3,(H,20,25). The van der Waals surface area contributed by atoms with Crippen molar-refractivity contribution < 1.29 is 4.79 Å². The van der Waals surface area contributed by atoms with Gasteiger partial charge in [0.2, 0.25) is 4.96 Å². The number of amides is 1. The van der Waals surface area contributed by atoms with Gasteiger partial charge in [-0.05, 0) is 78.4 Å². The molecule has 1 N–H and O–H groups in total. The van der Waals surface area contributed by atoms with Gasteiger partial charge in [0.25, 0.3) is 5.91 Å². The molecule has 6 nitrogen and oxygen atoms in total. The first-order valence-corrected chi connectivity index (χ1v) is 9.77. The van der Waals surface area contributed by atoms with Crippen LogP contribution in [0.2, 0.25) is 0 Å². The fourth-order valence-corrected chi connectivity index (χ4v) is 4.02.